The molecule has 0 fully saturated rings. The maximum absolute atomic E-state index is 12.5. The highest BCUT2D eigenvalue weighted by Crippen LogP contribution is 2.31. The first-order valence-corrected chi connectivity index (χ1v) is 8.28. The lowest BCUT2D eigenvalue weighted by atomic mass is 9.94. The Morgan fingerprint density at radius 1 is 1.12 bits per heavy atom. The molecule has 1 aromatic heterocycles. The van der Waals surface area contributed by atoms with Crippen molar-refractivity contribution in [2.45, 2.75) is 32.0 Å². The van der Waals surface area contributed by atoms with Gasteiger partial charge in [-0.1, -0.05) is 48.5 Å². The number of aromatic amines is 1. The van der Waals surface area contributed by atoms with Crippen molar-refractivity contribution in [3.05, 3.63) is 71.4 Å². The monoisotopic (exact) mass is 320 g/mol. The predicted octanol–water partition coefficient (Wildman–Crippen LogP) is 3.49. The summed E-state index contributed by atoms with van der Waals surface area (Å²) < 4.78 is 5.51. The van der Waals surface area contributed by atoms with E-state index in [4.69, 9.17) is 4.74 Å². The summed E-state index contributed by atoms with van der Waals surface area (Å²) in [5.74, 6) is -0.193. The van der Waals surface area contributed by atoms with Gasteiger partial charge in [-0.25, -0.2) is 0 Å². The number of H-pyrrole nitrogens is 1. The number of fused-ring (bicyclic) bond motifs is 3. The molecule has 0 spiro atoms. The van der Waals surface area contributed by atoms with Gasteiger partial charge in [0.1, 0.15) is 12.6 Å². The summed E-state index contributed by atoms with van der Waals surface area (Å²) in [5, 5.41) is 4.56. The number of esters is 1. The molecule has 24 heavy (non-hydrogen) atoms. The van der Waals surface area contributed by atoms with Gasteiger partial charge in [0.25, 0.3) is 0 Å². The molecule has 0 radical (unpaired) electrons. The second kappa shape index (κ2) is 6.13. The molecule has 2 N–H and O–H groups in total. The number of carbonyl (C=O) groups is 1. The van der Waals surface area contributed by atoms with Gasteiger partial charge in [-0.2, -0.15) is 0 Å². The van der Waals surface area contributed by atoms with E-state index in [0.717, 1.165) is 11.1 Å². The number of carbonyl (C=O) groups excluding carboxylic acids is 1. The standard InChI is InChI=1S/C20H20N2O2/c1-13-19-16(15-9-5-6-10-17(15)22-19)11-18(21-13)20(23)24-12-14-7-3-2-4-8-14/h2-10,13,18,21-22H,11-12H2,1H3. The topological polar surface area (TPSA) is 54.1 Å². The van der Waals surface area contributed by atoms with Crippen LogP contribution in [0.3, 0.4) is 0 Å². The highest BCUT2D eigenvalue weighted by Gasteiger charge is 2.31. The summed E-state index contributed by atoms with van der Waals surface area (Å²) in [6.07, 6.45) is 0.650. The zero-order valence-corrected chi connectivity index (χ0v) is 13.6. The first-order valence-electron chi connectivity index (χ1n) is 8.28. The Morgan fingerprint density at radius 2 is 1.88 bits per heavy atom. The number of ether oxygens (including phenoxy) is 1. The lowest BCUT2D eigenvalue weighted by Gasteiger charge is -2.27. The summed E-state index contributed by atoms with van der Waals surface area (Å²) in [4.78, 5) is 16.0. The molecule has 0 saturated carbocycles. The van der Waals surface area contributed by atoms with Crippen molar-refractivity contribution in [1.82, 2.24) is 10.3 Å². The molecule has 0 saturated heterocycles. The highest BCUT2D eigenvalue weighted by molar-refractivity contribution is 5.87. The van der Waals surface area contributed by atoms with E-state index < -0.39 is 0 Å². The Hall–Kier alpha value is -2.59. The van der Waals surface area contributed by atoms with Gasteiger partial charge >= 0.3 is 5.97 Å². The highest BCUT2D eigenvalue weighted by atomic mass is 16.5. The van der Waals surface area contributed by atoms with Crippen molar-refractivity contribution >= 4 is 16.9 Å². The average molecular weight is 320 g/mol. The number of hydrogen-bond donors (Lipinski definition) is 2. The van der Waals surface area contributed by atoms with Crippen LogP contribution in [0.2, 0.25) is 0 Å². The smallest absolute Gasteiger partial charge is 0.323 e. The third-order valence-electron chi connectivity index (χ3n) is 4.65. The summed E-state index contributed by atoms with van der Waals surface area (Å²) in [6.45, 7) is 2.39. The van der Waals surface area contributed by atoms with Crippen LogP contribution in [0.1, 0.15) is 29.8 Å². The molecule has 2 unspecified atom stereocenters. The van der Waals surface area contributed by atoms with Crippen LogP contribution in [-0.2, 0) is 22.6 Å². The van der Waals surface area contributed by atoms with Crippen molar-refractivity contribution in [3.8, 4) is 0 Å². The molecule has 0 aliphatic carbocycles. The van der Waals surface area contributed by atoms with Crippen LogP contribution in [0.4, 0.5) is 0 Å². The molecule has 4 rings (SSSR count). The predicted molar refractivity (Wildman–Crippen MR) is 93.6 cm³/mol. The van der Waals surface area contributed by atoms with E-state index in [1.165, 1.54) is 16.6 Å². The Balaban J connectivity index is 1.52. The molecule has 122 valence electrons. The first kappa shape index (κ1) is 15.0. The average Bonchev–Trinajstić information content (AvgIpc) is 3.00. The zero-order valence-electron chi connectivity index (χ0n) is 13.6. The summed E-state index contributed by atoms with van der Waals surface area (Å²) in [5.41, 5.74) is 4.51. The van der Waals surface area contributed by atoms with Crippen LogP contribution in [-0.4, -0.2) is 17.0 Å². The van der Waals surface area contributed by atoms with Gasteiger partial charge in [-0.3, -0.25) is 10.1 Å². The van der Waals surface area contributed by atoms with Crippen molar-refractivity contribution < 1.29 is 9.53 Å². The van der Waals surface area contributed by atoms with Crippen molar-refractivity contribution in [1.29, 1.82) is 0 Å². The van der Waals surface area contributed by atoms with Crippen molar-refractivity contribution in [2.75, 3.05) is 0 Å². The number of hydrogen-bond acceptors (Lipinski definition) is 3. The van der Waals surface area contributed by atoms with Gasteiger partial charge < -0.3 is 9.72 Å². The Bertz CT molecular complexity index is 870. The maximum atomic E-state index is 12.5. The Kier molecular flexibility index (Phi) is 3.82. The minimum absolute atomic E-state index is 0.0930. The molecular weight excluding hydrogens is 300 g/mol. The molecular formula is C20H20N2O2. The third-order valence-corrected chi connectivity index (χ3v) is 4.65. The lowest BCUT2D eigenvalue weighted by molar-refractivity contribution is -0.147. The van der Waals surface area contributed by atoms with E-state index in [0.29, 0.717) is 13.0 Å². The van der Waals surface area contributed by atoms with E-state index in [-0.39, 0.29) is 18.1 Å². The second-order valence-electron chi connectivity index (χ2n) is 6.30. The molecule has 4 nitrogen and oxygen atoms in total. The van der Waals surface area contributed by atoms with Crippen LogP contribution < -0.4 is 5.32 Å². The van der Waals surface area contributed by atoms with E-state index >= 15 is 0 Å². The van der Waals surface area contributed by atoms with Gasteiger partial charge in [0.05, 0.1) is 0 Å². The van der Waals surface area contributed by atoms with Gasteiger partial charge in [-0.05, 0) is 24.1 Å². The van der Waals surface area contributed by atoms with Crippen molar-refractivity contribution in [2.24, 2.45) is 0 Å². The van der Waals surface area contributed by atoms with Gasteiger partial charge in [0, 0.05) is 29.1 Å². The van der Waals surface area contributed by atoms with Crippen LogP contribution in [0, 0.1) is 0 Å². The third kappa shape index (κ3) is 2.69. The fourth-order valence-corrected chi connectivity index (χ4v) is 3.44. The van der Waals surface area contributed by atoms with Gasteiger partial charge in [0.2, 0.25) is 0 Å². The normalized spacial score (nSPS) is 19.9. The Labute approximate surface area is 140 Å². The second-order valence-corrected chi connectivity index (χ2v) is 6.30. The largest absolute Gasteiger partial charge is 0.460 e. The van der Waals surface area contributed by atoms with E-state index in [2.05, 4.69) is 29.4 Å². The summed E-state index contributed by atoms with van der Waals surface area (Å²) in [6, 6.07) is 17.8. The molecule has 2 heterocycles. The van der Waals surface area contributed by atoms with Crippen LogP contribution >= 0.6 is 0 Å². The van der Waals surface area contributed by atoms with E-state index in [1.54, 1.807) is 0 Å². The minimum atomic E-state index is -0.310. The van der Waals surface area contributed by atoms with E-state index in [9.17, 15) is 4.79 Å². The quantitative estimate of drug-likeness (QED) is 0.726. The van der Waals surface area contributed by atoms with Gasteiger partial charge in [0.15, 0.2) is 0 Å². The maximum Gasteiger partial charge on any atom is 0.323 e. The SMILES string of the molecule is CC1NC(C(=O)OCc2ccccc2)Cc2c1[nH]c1ccccc21. The van der Waals surface area contributed by atoms with E-state index in [1.807, 2.05) is 42.5 Å². The number of nitrogens with one attached hydrogen (secondary N) is 2. The molecule has 2 atom stereocenters. The summed E-state index contributed by atoms with van der Waals surface area (Å²) in [7, 11) is 0. The number of aromatic nitrogens is 1. The molecule has 2 aromatic carbocycles. The minimum Gasteiger partial charge on any atom is -0.460 e. The Morgan fingerprint density at radius 3 is 2.71 bits per heavy atom. The molecule has 1 aliphatic heterocycles. The molecule has 0 bridgehead atoms. The summed E-state index contributed by atoms with van der Waals surface area (Å²) >= 11 is 0. The van der Waals surface area contributed by atoms with Crippen molar-refractivity contribution in [3.63, 3.8) is 0 Å². The molecule has 0 amide bonds. The number of rotatable bonds is 3. The number of para-hydroxylation sites is 1. The van der Waals surface area contributed by atoms with Crippen LogP contribution in [0.25, 0.3) is 10.9 Å². The number of benzene rings is 2. The molecule has 3 aromatic rings. The molecule has 1 aliphatic rings. The first-order chi connectivity index (χ1) is 11.7. The fraction of sp³-hybridized carbons (Fsp3) is 0.250. The zero-order chi connectivity index (χ0) is 16.5. The van der Waals surface area contributed by atoms with Crippen LogP contribution in [0.15, 0.2) is 54.6 Å². The van der Waals surface area contributed by atoms with Crippen LogP contribution in [0.5, 0.6) is 0 Å². The lowest BCUT2D eigenvalue weighted by Crippen LogP contribution is -2.44. The molecule has 4 heteroatoms. The van der Waals surface area contributed by atoms with Gasteiger partial charge in [-0.15, -0.1) is 0 Å². The fourth-order valence-electron chi connectivity index (χ4n) is 3.44.